The minimum atomic E-state index is -0.201. The average Bonchev–Trinajstić information content (AvgIpc) is 3.56. The topological polar surface area (TPSA) is 83.2 Å². The Morgan fingerprint density at radius 2 is 2.09 bits per heavy atom. The van der Waals surface area contributed by atoms with Crippen molar-refractivity contribution in [3.63, 3.8) is 0 Å². The molecule has 4 heterocycles. The molecule has 0 bridgehead atoms. The van der Waals surface area contributed by atoms with E-state index in [0.29, 0.717) is 23.7 Å². The first-order valence-corrected chi connectivity index (χ1v) is 12.4. The quantitative estimate of drug-likeness (QED) is 0.425. The zero-order chi connectivity index (χ0) is 24.9. The minimum absolute atomic E-state index is 0.0402. The summed E-state index contributed by atoms with van der Waals surface area (Å²) in [6.45, 7) is 9.01. The van der Waals surface area contributed by atoms with Gasteiger partial charge in [0, 0.05) is 41.7 Å². The number of amides is 1. The number of fused-ring (bicyclic) bond motifs is 3. The number of carbonyl (C=O) groups excluding carboxylic acids is 1. The van der Waals surface area contributed by atoms with Crippen LogP contribution in [-0.4, -0.2) is 38.9 Å². The molecule has 1 N–H and O–H groups in total. The number of ether oxygens (including phenoxy) is 2. The van der Waals surface area contributed by atoms with E-state index in [0.717, 1.165) is 39.6 Å². The smallest absolute Gasteiger partial charge is 0.272 e. The van der Waals surface area contributed by atoms with Crippen molar-refractivity contribution in [2.45, 2.75) is 34.3 Å². The summed E-state index contributed by atoms with van der Waals surface area (Å²) in [4.78, 5) is 17.7. The second-order valence-electron chi connectivity index (χ2n) is 9.90. The van der Waals surface area contributed by atoms with Gasteiger partial charge in [-0.15, -0.1) is 0 Å². The van der Waals surface area contributed by atoms with Crippen LogP contribution in [-0.2, 0) is 13.7 Å². The summed E-state index contributed by atoms with van der Waals surface area (Å²) in [5.41, 5.74) is 5.55. The van der Waals surface area contributed by atoms with Gasteiger partial charge in [-0.25, -0.2) is 9.67 Å². The van der Waals surface area contributed by atoms with E-state index in [1.165, 1.54) is 0 Å². The molecule has 0 aliphatic carbocycles. The van der Waals surface area contributed by atoms with Crippen LogP contribution in [0.15, 0.2) is 35.2 Å². The van der Waals surface area contributed by atoms with Crippen LogP contribution in [0, 0.1) is 12.3 Å². The average molecular weight is 492 g/mol. The first kappa shape index (κ1) is 23.2. The van der Waals surface area contributed by atoms with Crippen LogP contribution >= 0.6 is 11.3 Å². The molecular formula is C26H29N5O3S. The second-order valence-corrected chi connectivity index (χ2v) is 10.7. The zero-order valence-electron chi connectivity index (χ0n) is 20.8. The standard InChI is InChI=1S/C26H29N5O3S/c1-15-27-11-20(30(15)5)17-9-18-22(10-21(17)33-6)34-12-19-23(25(32)28-14-26(2,3)4)29-31(24(18)19)16-7-8-35-13-16/h7-11,13H,12,14H2,1-6H3,(H,28,32). The molecule has 0 saturated carbocycles. The Labute approximate surface area is 208 Å². The Bertz CT molecular complexity index is 1410. The molecule has 0 atom stereocenters. The molecule has 5 rings (SSSR count). The highest BCUT2D eigenvalue weighted by atomic mass is 32.1. The number of rotatable bonds is 5. The molecule has 0 radical (unpaired) electrons. The van der Waals surface area contributed by atoms with Crippen LogP contribution in [0.25, 0.3) is 28.2 Å². The van der Waals surface area contributed by atoms with Crippen molar-refractivity contribution < 1.29 is 14.3 Å². The van der Waals surface area contributed by atoms with E-state index in [2.05, 4.69) is 31.1 Å². The number of methoxy groups -OCH3 is 1. The third-order valence-corrected chi connectivity index (χ3v) is 6.82. The van der Waals surface area contributed by atoms with Gasteiger partial charge in [0.1, 0.15) is 23.9 Å². The predicted octanol–water partition coefficient (Wildman–Crippen LogP) is 4.99. The highest BCUT2D eigenvalue weighted by molar-refractivity contribution is 7.08. The Morgan fingerprint density at radius 1 is 1.29 bits per heavy atom. The lowest BCUT2D eigenvalue weighted by Gasteiger charge is -2.22. The molecule has 35 heavy (non-hydrogen) atoms. The summed E-state index contributed by atoms with van der Waals surface area (Å²) in [5, 5.41) is 11.8. The van der Waals surface area contributed by atoms with Gasteiger partial charge in [0.2, 0.25) is 0 Å². The molecule has 1 aliphatic heterocycles. The lowest BCUT2D eigenvalue weighted by molar-refractivity contribution is 0.0931. The number of imidazole rings is 1. The van der Waals surface area contributed by atoms with E-state index >= 15 is 0 Å². The van der Waals surface area contributed by atoms with Gasteiger partial charge < -0.3 is 19.4 Å². The summed E-state index contributed by atoms with van der Waals surface area (Å²) in [5.74, 6) is 2.08. The lowest BCUT2D eigenvalue weighted by Crippen LogP contribution is -2.33. The number of nitrogens with one attached hydrogen (secondary N) is 1. The normalized spacial score (nSPS) is 12.6. The third kappa shape index (κ3) is 4.10. The van der Waals surface area contributed by atoms with Crippen molar-refractivity contribution in [1.29, 1.82) is 0 Å². The van der Waals surface area contributed by atoms with Crippen LogP contribution in [0.4, 0.5) is 0 Å². The molecular weight excluding hydrogens is 462 g/mol. The van der Waals surface area contributed by atoms with Gasteiger partial charge in [0.05, 0.1) is 30.4 Å². The number of nitrogens with zero attached hydrogens (tertiary/aromatic N) is 4. The van der Waals surface area contributed by atoms with E-state index in [9.17, 15) is 4.79 Å². The van der Waals surface area contributed by atoms with Crippen molar-refractivity contribution in [3.8, 4) is 39.7 Å². The molecule has 4 aromatic rings. The summed E-state index contributed by atoms with van der Waals surface area (Å²) in [6.07, 6.45) is 1.84. The monoisotopic (exact) mass is 491 g/mol. The molecule has 0 unspecified atom stereocenters. The fraction of sp³-hybridized carbons (Fsp3) is 0.346. The second kappa shape index (κ2) is 8.57. The maximum Gasteiger partial charge on any atom is 0.272 e. The van der Waals surface area contributed by atoms with Crippen molar-refractivity contribution >= 4 is 17.2 Å². The van der Waals surface area contributed by atoms with Crippen molar-refractivity contribution in [1.82, 2.24) is 24.6 Å². The van der Waals surface area contributed by atoms with Gasteiger partial charge in [-0.1, -0.05) is 20.8 Å². The first-order valence-electron chi connectivity index (χ1n) is 11.4. The minimum Gasteiger partial charge on any atom is -0.496 e. The summed E-state index contributed by atoms with van der Waals surface area (Å²) >= 11 is 1.58. The Morgan fingerprint density at radius 3 is 2.71 bits per heavy atom. The van der Waals surface area contributed by atoms with E-state index in [4.69, 9.17) is 14.6 Å². The summed E-state index contributed by atoms with van der Waals surface area (Å²) in [7, 11) is 3.63. The van der Waals surface area contributed by atoms with E-state index in [1.807, 2.05) is 58.4 Å². The SMILES string of the molecule is COc1cc2c(cc1-c1cnc(C)n1C)-c1c(c(C(=O)NCC(C)(C)C)nn1-c1ccsc1)CO2. The van der Waals surface area contributed by atoms with Crippen molar-refractivity contribution in [2.75, 3.05) is 13.7 Å². The van der Waals surface area contributed by atoms with Gasteiger partial charge in [0.25, 0.3) is 5.91 Å². The van der Waals surface area contributed by atoms with Crippen molar-refractivity contribution in [3.05, 3.63) is 52.2 Å². The van der Waals surface area contributed by atoms with Crippen LogP contribution < -0.4 is 14.8 Å². The van der Waals surface area contributed by atoms with E-state index in [1.54, 1.807) is 18.4 Å². The maximum absolute atomic E-state index is 13.2. The molecule has 1 amide bonds. The molecule has 3 aromatic heterocycles. The lowest BCUT2D eigenvalue weighted by atomic mass is 9.96. The summed E-state index contributed by atoms with van der Waals surface area (Å²) < 4.78 is 15.7. The Balaban J connectivity index is 1.70. The summed E-state index contributed by atoms with van der Waals surface area (Å²) in [6, 6.07) is 5.95. The number of thiophene rings is 1. The molecule has 8 nitrogen and oxygen atoms in total. The maximum atomic E-state index is 13.2. The van der Waals surface area contributed by atoms with Gasteiger partial charge in [-0.2, -0.15) is 16.4 Å². The van der Waals surface area contributed by atoms with Crippen molar-refractivity contribution in [2.24, 2.45) is 12.5 Å². The highest BCUT2D eigenvalue weighted by Crippen LogP contribution is 2.46. The first-order chi connectivity index (χ1) is 16.7. The predicted molar refractivity (Wildman–Crippen MR) is 136 cm³/mol. The molecule has 0 fully saturated rings. The molecule has 0 saturated heterocycles. The van der Waals surface area contributed by atoms with Crippen LogP contribution in [0.2, 0.25) is 0 Å². The van der Waals surface area contributed by atoms with Gasteiger partial charge in [0.15, 0.2) is 5.69 Å². The van der Waals surface area contributed by atoms with Gasteiger partial charge in [-0.3, -0.25) is 4.79 Å². The Hall–Kier alpha value is -3.59. The fourth-order valence-corrected chi connectivity index (χ4v) is 4.79. The van der Waals surface area contributed by atoms with E-state index in [-0.39, 0.29) is 17.9 Å². The third-order valence-electron chi connectivity index (χ3n) is 6.15. The molecule has 9 heteroatoms. The number of aryl methyl sites for hydroxylation is 1. The van der Waals surface area contributed by atoms with E-state index < -0.39 is 0 Å². The number of hydrogen-bond acceptors (Lipinski definition) is 6. The zero-order valence-corrected chi connectivity index (χ0v) is 21.6. The number of hydrogen-bond donors (Lipinski definition) is 1. The Kier molecular flexibility index (Phi) is 5.67. The number of aromatic nitrogens is 4. The number of benzene rings is 1. The van der Waals surface area contributed by atoms with Gasteiger partial charge >= 0.3 is 0 Å². The highest BCUT2D eigenvalue weighted by Gasteiger charge is 2.32. The van der Waals surface area contributed by atoms with Gasteiger partial charge in [-0.05, 0) is 29.9 Å². The number of carbonyl (C=O) groups is 1. The largest absolute Gasteiger partial charge is 0.496 e. The van der Waals surface area contributed by atoms with Crippen LogP contribution in [0.5, 0.6) is 11.5 Å². The fourth-order valence-electron chi connectivity index (χ4n) is 4.18. The molecule has 1 aromatic carbocycles. The van der Waals surface area contributed by atoms with Crippen LogP contribution in [0.1, 0.15) is 42.6 Å². The van der Waals surface area contributed by atoms with Crippen LogP contribution in [0.3, 0.4) is 0 Å². The molecule has 1 aliphatic rings. The molecule has 0 spiro atoms. The molecule has 182 valence electrons.